The second-order valence-corrected chi connectivity index (χ2v) is 8.98. The summed E-state index contributed by atoms with van der Waals surface area (Å²) in [5.41, 5.74) is 1.20. The maximum absolute atomic E-state index is 12.5. The Bertz CT molecular complexity index is 1270. The summed E-state index contributed by atoms with van der Waals surface area (Å²) in [7, 11) is -3.71. The monoisotopic (exact) mass is 439 g/mol. The van der Waals surface area contributed by atoms with Crippen LogP contribution in [0.3, 0.4) is 0 Å². The lowest BCUT2D eigenvalue weighted by atomic mass is 10.3. The SMILES string of the molecule is O=C(COc1ccccc1)Nc1ccc2nc(NS(=O)(=O)c3ccccc3)sc2c1. The maximum atomic E-state index is 12.5. The fourth-order valence-corrected chi connectivity index (χ4v) is 4.84. The van der Waals surface area contributed by atoms with Gasteiger partial charge in [0.15, 0.2) is 11.7 Å². The van der Waals surface area contributed by atoms with Crippen molar-refractivity contribution in [2.75, 3.05) is 16.6 Å². The number of anilines is 2. The van der Waals surface area contributed by atoms with E-state index < -0.39 is 10.0 Å². The molecular formula is C21H17N3O4S2. The first kappa shape index (κ1) is 19.9. The molecule has 7 nitrogen and oxygen atoms in total. The molecule has 2 N–H and O–H groups in total. The third-order valence-electron chi connectivity index (χ3n) is 4.06. The maximum Gasteiger partial charge on any atom is 0.263 e. The van der Waals surface area contributed by atoms with Gasteiger partial charge in [-0.05, 0) is 42.5 Å². The summed E-state index contributed by atoms with van der Waals surface area (Å²) in [5, 5.41) is 3.02. The first-order chi connectivity index (χ1) is 14.5. The molecule has 0 aliphatic heterocycles. The molecule has 4 rings (SSSR count). The minimum atomic E-state index is -3.71. The van der Waals surface area contributed by atoms with E-state index in [1.54, 1.807) is 48.5 Å². The summed E-state index contributed by atoms with van der Waals surface area (Å²) in [4.78, 5) is 16.6. The van der Waals surface area contributed by atoms with Crippen molar-refractivity contribution in [1.29, 1.82) is 0 Å². The van der Waals surface area contributed by atoms with E-state index in [-0.39, 0.29) is 22.5 Å². The molecule has 0 saturated heterocycles. The minimum Gasteiger partial charge on any atom is -0.484 e. The van der Waals surface area contributed by atoms with Gasteiger partial charge in [0.25, 0.3) is 15.9 Å². The highest BCUT2D eigenvalue weighted by atomic mass is 32.2. The largest absolute Gasteiger partial charge is 0.484 e. The number of ether oxygens (including phenoxy) is 1. The van der Waals surface area contributed by atoms with E-state index in [0.717, 1.165) is 4.70 Å². The van der Waals surface area contributed by atoms with Crippen molar-refractivity contribution in [2.45, 2.75) is 4.90 Å². The van der Waals surface area contributed by atoms with Crippen molar-refractivity contribution in [3.63, 3.8) is 0 Å². The lowest BCUT2D eigenvalue weighted by molar-refractivity contribution is -0.118. The molecule has 0 fully saturated rings. The summed E-state index contributed by atoms with van der Waals surface area (Å²) < 4.78 is 33.6. The Kier molecular flexibility index (Phi) is 5.64. The van der Waals surface area contributed by atoms with E-state index in [4.69, 9.17) is 4.74 Å². The van der Waals surface area contributed by atoms with E-state index in [0.29, 0.717) is 17.0 Å². The van der Waals surface area contributed by atoms with Crippen LogP contribution in [-0.2, 0) is 14.8 Å². The number of fused-ring (bicyclic) bond motifs is 1. The number of para-hydroxylation sites is 1. The standard InChI is InChI=1S/C21H17N3O4S2/c25-20(14-28-16-7-3-1-4-8-16)22-15-11-12-18-19(13-15)29-21(23-18)24-30(26,27)17-9-5-2-6-10-17/h1-13H,14H2,(H,22,25)(H,23,24). The van der Waals surface area contributed by atoms with E-state index in [9.17, 15) is 13.2 Å². The number of thiazole rings is 1. The van der Waals surface area contributed by atoms with Crippen LogP contribution in [0.1, 0.15) is 0 Å². The molecule has 9 heteroatoms. The third-order valence-corrected chi connectivity index (χ3v) is 6.48. The number of nitrogens with zero attached hydrogens (tertiary/aromatic N) is 1. The summed E-state index contributed by atoms with van der Waals surface area (Å²) in [5.74, 6) is 0.314. The number of sulfonamides is 1. The normalized spacial score (nSPS) is 11.2. The van der Waals surface area contributed by atoms with Crippen LogP contribution in [0.5, 0.6) is 5.75 Å². The molecule has 1 amide bonds. The van der Waals surface area contributed by atoms with Crippen LogP contribution in [0.4, 0.5) is 10.8 Å². The molecule has 0 unspecified atom stereocenters. The number of rotatable bonds is 7. The van der Waals surface area contributed by atoms with Gasteiger partial charge in [-0.2, -0.15) is 0 Å². The summed E-state index contributed by atoms with van der Waals surface area (Å²) in [6.45, 7) is -0.118. The molecule has 152 valence electrons. The molecule has 0 aliphatic rings. The van der Waals surface area contributed by atoms with Gasteiger partial charge in [-0.25, -0.2) is 13.4 Å². The molecule has 3 aromatic carbocycles. The number of hydrogen-bond donors (Lipinski definition) is 2. The molecule has 1 heterocycles. The summed E-state index contributed by atoms with van der Waals surface area (Å²) in [6, 6.07) is 22.3. The number of carbonyl (C=O) groups excluding carboxylic acids is 1. The second-order valence-electron chi connectivity index (χ2n) is 6.27. The molecule has 0 radical (unpaired) electrons. The Labute approximate surface area is 177 Å². The smallest absolute Gasteiger partial charge is 0.263 e. The van der Waals surface area contributed by atoms with Crippen molar-refractivity contribution < 1.29 is 17.9 Å². The van der Waals surface area contributed by atoms with Gasteiger partial charge in [0.2, 0.25) is 0 Å². The molecule has 0 saturated carbocycles. The van der Waals surface area contributed by atoms with Gasteiger partial charge in [-0.15, -0.1) is 0 Å². The van der Waals surface area contributed by atoms with Crippen LogP contribution in [0.25, 0.3) is 10.2 Å². The summed E-state index contributed by atoms with van der Waals surface area (Å²) >= 11 is 1.19. The fourth-order valence-electron chi connectivity index (χ4n) is 2.68. The van der Waals surface area contributed by atoms with Crippen molar-refractivity contribution >= 4 is 48.3 Å². The van der Waals surface area contributed by atoms with Crippen LogP contribution in [0, 0.1) is 0 Å². The predicted molar refractivity (Wildman–Crippen MR) is 117 cm³/mol. The van der Waals surface area contributed by atoms with Gasteiger partial charge in [-0.1, -0.05) is 47.7 Å². The van der Waals surface area contributed by atoms with Crippen LogP contribution in [-0.4, -0.2) is 25.9 Å². The average molecular weight is 440 g/mol. The lowest BCUT2D eigenvalue weighted by Crippen LogP contribution is -2.20. The van der Waals surface area contributed by atoms with E-state index in [1.165, 1.54) is 23.5 Å². The Morgan fingerprint density at radius 2 is 1.67 bits per heavy atom. The lowest BCUT2D eigenvalue weighted by Gasteiger charge is -2.07. The van der Waals surface area contributed by atoms with Crippen LogP contribution >= 0.6 is 11.3 Å². The Morgan fingerprint density at radius 1 is 0.967 bits per heavy atom. The molecule has 30 heavy (non-hydrogen) atoms. The van der Waals surface area contributed by atoms with Crippen molar-refractivity contribution in [3.05, 3.63) is 78.9 Å². The Balaban J connectivity index is 1.44. The van der Waals surface area contributed by atoms with Gasteiger partial charge >= 0.3 is 0 Å². The molecule has 1 aromatic heterocycles. The van der Waals surface area contributed by atoms with Crippen molar-refractivity contribution in [2.24, 2.45) is 0 Å². The molecule has 0 bridgehead atoms. The predicted octanol–water partition coefficient (Wildman–Crippen LogP) is 4.11. The zero-order chi connectivity index (χ0) is 21.0. The van der Waals surface area contributed by atoms with E-state index in [2.05, 4.69) is 15.0 Å². The third kappa shape index (κ3) is 4.76. The summed E-state index contributed by atoms with van der Waals surface area (Å²) in [6.07, 6.45) is 0. The zero-order valence-corrected chi connectivity index (χ0v) is 17.2. The second kappa shape index (κ2) is 8.52. The van der Waals surface area contributed by atoms with Gasteiger partial charge in [0.05, 0.1) is 15.1 Å². The first-order valence-electron chi connectivity index (χ1n) is 8.96. The molecule has 0 spiro atoms. The van der Waals surface area contributed by atoms with Gasteiger partial charge in [0, 0.05) is 5.69 Å². The molecule has 4 aromatic rings. The highest BCUT2D eigenvalue weighted by molar-refractivity contribution is 7.93. The van der Waals surface area contributed by atoms with Gasteiger partial charge < -0.3 is 10.1 Å². The number of carbonyl (C=O) groups is 1. The van der Waals surface area contributed by atoms with Crippen molar-refractivity contribution in [1.82, 2.24) is 4.98 Å². The van der Waals surface area contributed by atoms with Gasteiger partial charge in [0.1, 0.15) is 5.75 Å². The highest BCUT2D eigenvalue weighted by Crippen LogP contribution is 2.29. The minimum absolute atomic E-state index is 0.118. The average Bonchev–Trinajstić information content (AvgIpc) is 3.14. The van der Waals surface area contributed by atoms with Crippen LogP contribution in [0.2, 0.25) is 0 Å². The van der Waals surface area contributed by atoms with Gasteiger partial charge in [-0.3, -0.25) is 9.52 Å². The number of nitrogens with one attached hydrogen (secondary N) is 2. The topological polar surface area (TPSA) is 97.4 Å². The van der Waals surface area contributed by atoms with Crippen LogP contribution in [0.15, 0.2) is 83.8 Å². The Hall–Kier alpha value is -3.43. The zero-order valence-electron chi connectivity index (χ0n) is 15.6. The van der Waals surface area contributed by atoms with E-state index in [1.807, 2.05) is 18.2 Å². The quantitative estimate of drug-likeness (QED) is 0.452. The number of aromatic nitrogens is 1. The Morgan fingerprint density at radius 3 is 2.40 bits per heavy atom. The molecule has 0 atom stereocenters. The number of benzene rings is 3. The highest BCUT2D eigenvalue weighted by Gasteiger charge is 2.16. The molecule has 0 aliphatic carbocycles. The number of hydrogen-bond acceptors (Lipinski definition) is 6. The van der Waals surface area contributed by atoms with Crippen LogP contribution < -0.4 is 14.8 Å². The van der Waals surface area contributed by atoms with Crippen molar-refractivity contribution in [3.8, 4) is 5.75 Å². The fraction of sp³-hybridized carbons (Fsp3) is 0.0476. The number of amides is 1. The van der Waals surface area contributed by atoms with E-state index >= 15 is 0 Å². The molecular weight excluding hydrogens is 422 g/mol. The first-order valence-corrected chi connectivity index (χ1v) is 11.3.